The molecule has 2 rings (SSSR count). The van der Waals surface area contributed by atoms with E-state index in [0.717, 1.165) is 5.56 Å². The van der Waals surface area contributed by atoms with Gasteiger partial charge in [-0.1, -0.05) is 29.8 Å². The summed E-state index contributed by atoms with van der Waals surface area (Å²) in [6, 6.07) is 10.3. The van der Waals surface area contributed by atoms with Crippen LogP contribution in [0.3, 0.4) is 0 Å². The van der Waals surface area contributed by atoms with E-state index in [4.69, 9.17) is 17.3 Å². The second-order valence-corrected chi connectivity index (χ2v) is 7.19. The van der Waals surface area contributed by atoms with Crippen molar-refractivity contribution in [3.05, 3.63) is 58.1 Å². The van der Waals surface area contributed by atoms with Crippen LogP contribution in [0.25, 0.3) is 0 Å². The highest BCUT2D eigenvalue weighted by Crippen LogP contribution is 2.27. The van der Waals surface area contributed by atoms with E-state index in [1.807, 2.05) is 13.0 Å². The smallest absolute Gasteiger partial charge is 0.182 e. The molecule has 0 saturated heterocycles. The highest BCUT2D eigenvalue weighted by atomic mass is 35.5. The summed E-state index contributed by atoms with van der Waals surface area (Å²) in [4.78, 5) is 0.258. The quantitative estimate of drug-likeness (QED) is 0.883. The molecule has 5 heteroatoms. The van der Waals surface area contributed by atoms with Crippen LogP contribution in [0.15, 0.2) is 41.3 Å². The van der Waals surface area contributed by atoms with E-state index in [-0.39, 0.29) is 10.6 Å². The van der Waals surface area contributed by atoms with E-state index in [1.165, 1.54) is 0 Å². The van der Waals surface area contributed by atoms with Crippen LogP contribution < -0.4 is 5.73 Å². The number of nitrogens with two attached hydrogens (primary N) is 1. The van der Waals surface area contributed by atoms with Crippen molar-refractivity contribution >= 4 is 27.1 Å². The Hall–Kier alpha value is -1.52. The first-order chi connectivity index (χ1) is 9.31. The zero-order chi connectivity index (χ0) is 14.9. The molecular formula is C15H16ClNO2S. The fourth-order valence-electron chi connectivity index (χ4n) is 2.02. The summed E-state index contributed by atoms with van der Waals surface area (Å²) >= 11 is 6.10. The van der Waals surface area contributed by atoms with Gasteiger partial charge < -0.3 is 5.73 Å². The lowest BCUT2D eigenvalue weighted by Gasteiger charge is -2.11. The maximum absolute atomic E-state index is 12.5. The molecule has 3 nitrogen and oxygen atoms in total. The van der Waals surface area contributed by atoms with Gasteiger partial charge in [0.2, 0.25) is 0 Å². The Balaban J connectivity index is 2.44. The molecule has 106 valence electrons. The minimum absolute atomic E-state index is 0.129. The number of hydrogen-bond donors (Lipinski definition) is 1. The van der Waals surface area contributed by atoms with E-state index < -0.39 is 9.84 Å². The predicted molar refractivity (Wildman–Crippen MR) is 82.7 cm³/mol. The lowest BCUT2D eigenvalue weighted by Crippen LogP contribution is -2.08. The van der Waals surface area contributed by atoms with Crippen LogP contribution in [0.4, 0.5) is 5.69 Å². The van der Waals surface area contributed by atoms with Gasteiger partial charge in [0.05, 0.1) is 10.6 Å². The molecular weight excluding hydrogens is 294 g/mol. The van der Waals surface area contributed by atoms with Crippen molar-refractivity contribution in [2.24, 2.45) is 0 Å². The number of sulfone groups is 1. The van der Waals surface area contributed by atoms with Crippen molar-refractivity contribution in [2.45, 2.75) is 24.5 Å². The molecule has 0 fully saturated rings. The molecule has 2 aromatic rings. The number of rotatable bonds is 3. The highest BCUT2D eigenvalue weighted by molar-refractivity contribution is 7.90. The molecule has 0 aromatic heterocycles. The molecule has 0 aliphatic rings. The standard InChI is InChI=1S/C15H16ClNO2S/c1-10-6-7-12(13(16)8-10)9-20(18,19)15-5-3-4-14(17)11(15)2/h3-8H,9,17H2,1-2H3. The van der Waals surface area contributed by atoms with Crippen LogP contribution in [-0.2, 0) is 15.6 Å². The SMILES string of the molecule is Cc1ccc(CS(=O)(=O)c2cccc(N)c2C)c(Cl)c1. The van der Waals surface area contributed by atoms with Crippen molar-refractivity contribution in [3.8, 4) is 0 Å². The Kier molecular flexibility index (Phi) is 4.06. The number of anilines is 1. The molecule has 20 heavy (non-hydrogen) atoms. The molecule has 0 amide bonds. The minimum atomic E-state index is -3.47. The van der Waals surface area contributed by atoms with Crippen LogP contribution in [0.1, 0.15) is 16.7 Å². The Bertz CT molecular complexity index is 754. The van der Waals surface area contributed by atoms with Gasteiger partial charge >= 0.3 is 0 Å². The van der Waals surface area contributed by atoms with Gasteiger partial charge in [-0.15, -0.1) is 0 Å². The molecule has 0 aliphatic heterocycles. The Morgan fingerprint density at radius 1 is 1.15 bits per heavy atom. The Labute approximate surface area is 124 Å². The summed E-state index contributed by atoms with van der Waals surface area (Å²) in [6.45, 7) is 3.62. The normalized spacial score (nSPS) is 11.6. The number of aryl methyl sites for hydroxylation is 1. The minimum Gasteiger partial charge on any atom is -0.398 e. The van der Waals surface area contributed by atoms with Gasteiger partial charge in [-0.2, -0.15) is 0 Å². The first-order valence-electron chi connectivity index (χ1n) is 6.14. The number of benzene rings is 2. The van der Waals surface area contributed by atoms with Crippen molar-refractivity contribution < 1.29 is 8.42 Å². The van der Waals surface area contributed by atoms with Crippen LogP contribution in [0, 0.1) is 13.8 Å². The van der Waals surface area contributed by atoms with Gasteiger partial charge in [0.15, 0.2) is 9.84 Å². The topological polar surface area (TPSA) is 60.2 Å². The Morgan fingerprint density at radius 3 is 2.50 bits per heavy atom. The van der Waals surface area contributed by atoms with Gasteiger partial charge in [0.1, 0.15) is 0 Å². The van der Waals surface area contributed by atoms with Gasteiger partial charge in [-0.05, 0) is 48.7 Å². The van der Waals surface area contributed by atoms with E-state index in [9.17, 15) is 8.42 Å². The summed E-state index contributed by atoms with van der Waals surface area (Å²) < 4.78 is 25.0. The molecule has 2 N–H and O–H groups in total. The molecule has 0 heterocycles. The van der Waals surface area contributed by atoms with Gasteiger partial charge in [0.25, 0.3) is 0 Å². The molecule has 2 aromatic carbocycles. The third-order valence-corrected chi connectivity index (χ3v) is 5.37. The van der Waals surface area contributed by atoms with Crippen molar-refractivity contribution in [1.29, 1.82) is 0 Å². The zero-order valence-corrected chi connectivity index (χ0v) is 12.9. The average Bonchev–Trinajstić information content (AvgIpc) is 2.36. The predicted octanol–water partition coefficient (Wildman–Crippen LogP) is 3.51. The molecule has 0 spiro atoms. The molecule has 0 bridgehead atoms. The second-order valence-electron chi connectivity index (χ2n) is 4.82. The molecule has 0 radical (unpaired) electrons. The maximum Gasteiger partial charge on any atom is 0.182 e. The lowest BCUT2D eigenvalue weighted by molar-refractivity contribution is 0.594. The van der Waals surface area contributed by atoms with Crippen molar-refractivity contribution in [1.82, 2.24) is 0 Å². The summed E-state index contributed by atoms with van der Waals surface area (Å²) in [5.74, 6) is -0.129. The van der Waals surface area contributed by atoms with Crippen molar-refractivity contribution in [3.63, 3.8) is 0 Å². The summed E-state index contributed by atoms with van der Waals surface area (Å²) in [6.07, 6.45) is 0. The maximum atomic E-state index is 12.5. The molecule has 0 aliphatic carbocycles. The highest BCUT2D eigenvalue weighted by Gasteiger charge is 2.20. The first-order valence-corrected chi connectivity index (χ1v) is 8.17. The van der Waals surface area contributed by atoms with E-state index in [2.05, 4.69) is 0 Å². The van der Waals surface area contributed by atoms with E-state index >= 15 is 0 Å². The second kappa shape index (κ2) is 5.46. The van der Waals surface area contributed by atoms with Crippen LogP contribution >= 0.6 is 11.6 Å². The van der Waals surface area contributed by atoms with Crippen molar-refractivity contribution in [2.75, 3.05) is 5.73 Å². The van der Waals surface area contributed by atoms with Crippen LogP contribution in [0.5, 0.6) is 0 Å². The molecule has 0 unspecified atom stereocenters. The van der Waals surface area contributed by atoms with Crippen LogP contribution in [0.2, 0.25) is 5.02 Å². The average molecular weight is 310 g/mol. The summed E-state index contributed by atoms with van der Waals surface area (Å²) in [5.41, 5.74) is 8.42. The lowest BCUT2D eigenvalue weighted by atomic mass is 10.2. The molecule has 0 atom stereocenters. The van der Waals surface area contributed by atoms with Gasteiger partial charge in [-0.3, -0.25) is 0 Å². The Morgan fingerprint density at radius 2 is 1.85 bits per heavy atom. The summed E-state index contributed by atoms with van der Waals surface area (Å²) in [7, 11) is -3.47. The number of halogens is 1. The van der Waals surface area contributed by atoms with Gasteiger partial charge in [-0.25, -0.2) is 8.42 Å². The largest absolute Gasteiger partial charge is 0.398 e. The molecule has 0 saturated carbocycles. The summed E-state index contributed by atoms with van der Waals surface area (Å²) in [5, 5.41) is 0.468. The third kappa shape index (κ3) is 2.97. The zero-order valence-electron chi connectivity index (χ0n) is 11.4. The number of nitrogen functional groups attached to an aromatic ring is 1. The first kappa shape index (κ1) is 14.9. The third-order valence-electron chi connectivity index (χ3n) is 3.22. The fourth-order valence-corrected chi connectivity index (χ4v) is 4.09. The number of hydrogen-bond acceptors (Lipinski definition) is 3. The van der Waals surface area contributed by atoms with Gasteiger partial charge in [0, 0.05) is 10.7 Å². The van der Waals surface area contributed by atoms with E-state index in [0.29, 0.717) is 21.8 Å². The monoisotopic (exact) mass is 309 g/mol. The van der Waals surface area contributed by atoms with Crippen LogP contribution in [-0.4, -0.2) is 8.42 Å². The van der Waals surface area contributed by atoms with E-state index in [1.54, 1.807) is 37.3 Å². The fraction of sp³-hybridized carbons (Fsp3) is 0.200.